The molecule has 0 aromatic heterocycles. The Kier molecular flexibility index (Phi) is 7.99. The lowest BCUT2D eigenvalue weighted by Gasteiger charge is -2.13. The van der Waals surface area contributed by atoms with Gasteiger partial charge in [-0.3, -0.25) is 20.3 Å². The van der Waals surface area contributed by atoms with Crippen molar-refractivity contribution < 1.29 is 27.6 Å². The van der Waals surface area contributed by atoms with Crippen LogP contribution in [-0.4, -0.2) is 40.9 Å². The minimum Gasteiger partial charge on any atom is -0.493 e. The van der Waals surface area contributed by atoms with E-state index >= 15 is 0 Å². The number of rotatable bonds is 10. The number of benzene rings is 3. The minimum absolute atomic E-state index is 0.0209. The summed E-state index contributed by atoms with van der Waals surface area (Å²) in [6, 6.07) is 12.8. The number of nitrogens with zero attached hydrogens (tertiary/aromatic N) is 2. The molecule has 0 saturated carbocycles. The van der Waals surface area contributed by atoms with Crippen LogP contribution < -0.4 is 24.4 Å². The highest BCUT2D eigenvalue weighted by Crippen LogP contribution is 2.39. The maximum atomic E-state index is 12.7. The molecule has 3 rings (SSSR count). The smallest absolute Gasteiger partial charge is 0.295 e. The monoisotopic (exact) mass is 520 g/mol. The highest BCUT2D eigenvalue weighted by molar-refractivity contribution is 7.92. The molecule has 0 heterocycles. The van der Waals surface area contributed by atoms with E-state index in [0.29, 0.717) is 27.8 Å². The highest BCUT2D eigenvalue weighted by Gasteiger charge is 2.22. The molecule has 0 spiro atoms. The second kappa shape index (κ2) is 10.9. The largest absolute Gasteiger partial charge is 0.493 e. The third kappa shape index (κ3) is 5.91. The van der Waals surface area contributed by atoms with Crippen molar-refractivity contribution in [2.24, 2.45) is 5.10 Å². The zero-order valence-corrected chi connectivity index (χ0v) is 20.4. The van der Waals surface area contributed by atoms with Crippen LogP contribution in [0.1, 0.15) is 5.56 Å². The standard InChI is InChI=1S/C22H21ClN4O7S/c1-32-20-10-7-14(21(33-2)22(20)34-3)13-24-25-18-9-8-17(12-19(18)27(28)29)35(30,31)26-16-6-4-5-15(23)11-16/h4-13,25-26H,1-3H3/b24-13+. The number of nitro groups is 1. The van der Waals surface area contributed by atoms with E-state index in [2.05, 4.69) is 15.2 Å². The molecule has 0 amide bonds. The van der Waals surface area contributed by atoms with Gasteiger partial charge in [-0.1, -0.05) is 17.7 Å². The Morgan fingerprint density at radius 3 is 2.37 bits per heavy atom. The molecule has 13 heteroatoms. The van der Waals surface area contributed by atoms with Crippen LogP contribution >= 0.6 is 11.6 Å². The maximum Gasteiger partial charge on any atom is 0.295 e. The topological polar surface area (TPSA) is 141 Å². The van der Waals surface area contributed by atoms with Crippen LogP contribution in [0.15, 0.2) is 64.6 Å². The van der Waals surface area contributed by atoms with E-state index in [1.807, 2.05) is 0 Å². The van der Waals surface area contributed by atoms with Gasteiger partial charge in [0.25, 0.3) is 15.7 Å². The van der Waals surface area contributed by atoms with Crippen molar-refractivity contribution >= 4 is 44.9 Å². The number of hydrogen-bond donors (Lipinski definition) is 2. The van der Waals surface area contributed by atoms with Crippen molar-refractivity contribution in [1.82, 2.24) is 0 Å². The summed E-state index contributed by atoms with van der Waals surface area (Å²) >= 11 is 5.88. The predicted octanol–water partition coefficient (Wildman–Crippen LogP) is 4.52. The van der Waals surface area contributed by atoms with Crippen LogP contribution in [-0.2, 0) is 10.0 Å². The lowest BCUT2D eigenvalue weighted by Crippen LogP contribution is -2.13. The van der Waals surface area contributed by atoms with E-state index in [0.717, 1.165) is 6.07 Å². The first-order chi connectivity index (χ1) is 16.7. The molecule has 0 fully saturated rings. The summed E-state index contributed by atoms with van der Waals surface area (Å²) in [4.78, 5) is 10.6. The molecule has 0 atom stereocenters. The van der Waals surface area contributed by atoms with E-state index in [4.69, 9.17) is 25.8 Å². The van der Waals surface area contributed by atoms with Crippen molar-refractivity contribution in [1.29, 1.82) is 0 Å². The zero-order chi connectivity index (χ0) is 25.6. The Labute approximate surface area is 206 Å². The van der Waals surface area contributed by atoms with E-state index in [1.165, 1.54) is 51.8 Å². The van der Waals surface area contributed by atoms with Crippen LogP contribution in [0.3, 0.4) is 0 Å². The fourth-order valence-electron chi connectivity index (χ4n) is 3.09. The lowest BCUT2D eigenvalue weighted by atomic mass is 10.2. The van der Waals surface area contributed by atoms with Crippen molar-refractivity contribution in [3.8, 4) is 17.2 Å². The maximum absolute atomic E-state index is 12.7. The third-order valence-electron chi connectivity index (χ3n) is 4.68. The SMILES string of the molecule is COc1ccc(/C=N/Nc2ccc(S(=O)(=O)Nc3cccc(Cl)c3)cc2[N+](=O)[O-])c(OC)c1OC. The van der Waals surface area contributed by atoms with Gasteiger partial charge in [0.2, 0.25) is 5.75 Å². The fourth-order valence-corrected chi connectivity index (χ4v) is 4.35. The van der Waals surface area contributed by atoms with Crippen LogP contribution in [0.25, 0.3) is 0 Å². The number of halogens is 1. The van der Waals surface area contributed by atoms with Crippen molar-refractivity contribution in [3.05, 3.63) is 75.3 Å². The molecule has 11 nitrogen and oxygen atoms in total. The first-order valence-electron chi connectivity index (χ1n) is 9.85. The van der Waals surface area contributed by atoms with Gasteiger partial charge in [-0.15, -0.1) is 0 Å². The summed E-state index contributed by atoms with van der Waals surface area (Å²) in [5.74, 6) is 1.15. The molecule has 0 aliphatic heterocycles. The Balaban J connectivity index is 1.88. The van der Waals surface area contributed by atoms with Gasteiger partial charge in [0, 0.05) is 16.7 Å². The summed E-state index contributed by atoms with van der Waals surface area (Å²) < 4.78 is 43.7. The predicted molar refractivity (Wildman–Crippen MR) is 133 cm³/mol. The first-order valence-corrected chi connectivity index (χ1v) is 11.7. The van der Waals surface area contributed by atoms with Crippen LogP contribution in [0, 0.1) is 10.1 Å². The minimum atomic E-state index is -4.11. The Morgan fingerprint density at radius 2 is 1.74 bits per heavy atom. The second-order valence-corrected chi connectivity index (χ2v) is 8.96. The van der Waals surface area contributed by atoms with Crippen LogP contribution in [0.2, 0.25) is 5.02 Å². The van der Waals surface area contributed by atoms with Gasteiger partial charge in [0.05, 0.1) is 43.1 Å². The van der Waals surface area contributed by atoms with Gasteiger partial charge in [0.15, 0.2) is 11.5 Å². The van der Waals surface area contributed by atoms with Crippen molar-refractivity contribution in [2.45, 2.75) is 4.90 Å². The van der Waals surface area contributed by atoms with Crippen LogP contribution in [0.4, 0.5) is 17.1 Å². The molecule has 0 radical (unpaired) electrons. The Morgan fingerprint density at radius 1 is 1.00 bits per heavy atom. The average Bonchev–Trinajstić information content (AvgIpc) is 2.83. The van der Waals surface area contributed by atoms with Gasteiger partial charge in [-0.2, -0.15) is 5.10 Å². The molecular weight excluding hydrogens is 500 g/mol. The van der Waals surface area contributed by atoms with E-state index in [1.54, 1.807) is 24.3 Å². The number of anilines is 2. The number of hydrogen-bond acceptors (Lipinski definition) is 9. The summed E-state index contributed by atoms with van der Waals surface area (Å²) in [5, 5.41) is 16.0. The third-order valence-corrected chi connectivity index (χ3v) is 6.29. The van der Waals surface area contributed by atoms with Crippen LogP contribution in [0.5, 0.6) is 17.2 Å². The zero-order valence-electron chi connectivity index (χ0n) is 18.8. The van der Waals surface area contributed by atoms with Gasteiger partial charge in [-0.25, -0.2) is 8.42 Å². The van der Waals surface area contributed by atoms with E-state index < -0.39 is 20.6 Å². The molecule has 2 N–H and O–H groups in total. The summed E-state index contributed by atoms with van der Waals surface area (Å²) in [7, 11) is 0.281. The van der Waals surface area contributed by atoms with Crippen molar-refractivity contribution in [2.75, 3.05) is 31.5 Å². The fraction of sp³-hybridized carbons (Fsp3) is 0.136. The second-order valence-electron chi connectivity index (χ2n) is 6.85. The quantitative estimate of drug-likeness (QED) is 0.226. The Bertz CT molecular complexity index is 1380. The molecule has 3 aromatic carbocycles. The summed E-state index contributed by atoms with van der Waals surface area (Å²) in [6.45, 7) is 0. The molecule has 0 bridgehead atoms. The van der Waals surface area contributed by atoms with Gasteiger partial charge < -0.3 is 14.2 Å². The molecule has 35 heavy (non-hydrogen) atoms. The first kappa shape index (κ1) is 25.6. The Hall–Kier alpha value is -4.03. The summed E-state index contributed by atoms with van der Waals surface area (Å²) in [6.07, 6.45) is 1.37. The molecule has 3 aromatic rings. The van der Waals surface area contributed by atoms with E-state index in [9.17, 15) is 18.5 Å². The molecule has 0 aliphatic carbocycles. The number of hydrazone groups is 1. The number of nitrogens with one attached hydrogen (secondary N) is 2. The molecule has 184 valence electrons. The lowest BCUT2D eigenvalue weighted by molar-refractivity contribution is -0.384. The highest BCUT2D eigenvalue weighted by atomic mass is 35.5. The van der Waals surface area contributed by atoms with Gasteiger partial charge in [-0.05, 0) is 42.5 Å². The molecule has 0 aliphatic rings. The normalized spacial score (nSPS) is 11.2. The summed E-state index contributed by atoms with van der Waals surface area (Å²) in [5.41, 5.74) is 2.78. The number of methoxy groups -OCH3 is 3. The average molecular weight is 521 g/mol. The van der Waals surface area contributed by atoms with Gasteiger partial charge >= 0.3 is 0 Å². The molecular formula is C22H21ClN4O7S. The number of nitro benzene ring substituents is 1. The van der Waals surface area contributed by atoms with Crippen molar-refractivity contribution in [3.63, 3.8) is 0 Å². The molecule has 0 unspecified atom stereocenters. The number of sulfonamides is 1. The molecule has 0 saturated heterocycles. The van der Waals surface area contributed by atoms with Gasteiger partial charge in [0.1, 0.15) is 5.69 Å². The van der Waals surface area contributed by atoms with E-state index in [-0.39, 0.29) is 16.3 Å². The number of ether oxygens (including phenoxy) is 3.